The van der Waals surface area contributed by atoms with Gasteiger partial charge in [-0.3, -0.25) is 14.2 Å². The quantitative estimate of drug-likeness (QED) is 0.718. The molecule has 0 aromatic carbocycles. The first-order chi connectivity index (χ1) is 13.1. The highest BCUT2D eigenvalue weighted by Gasteiger charge is 2.24. The Morgan fingerprint density at radius 2 is 1.79 bits per heavy atom. The molecule has 0 unspecified atom stereocenters. The van der Waals surface area contributed by atoms with E-state index in [2.05, 4.69) is 4.98 Å². The van der Waals surface area contributed by atoms with Gasteiger partial charge in [-0.05, 0) is 41.0 Å². The molecule has 0 saturated carbocycles. The van der Waals surface area contributed by atoms with Gasteiger partial charge in [0.15, 0.2) is 5.65 Å². The van der Waals surface area contributed by atoms with Gasteiger partial charge in [-0.2, -0.15) is 0 Å². The zero-order valence-electron chi connectivity index (χ0n) is 17.8. The lowest BCUT2D eigenvalue weighted by atomic mass is 10.1. The molecule has 0 aliphatic rings. The van der Waals surface area contributed by atoms with Gasteiger partial charge in [0.25, 0.3) is 5.56 Å². The van der Waals surface area contributed by atoms with Crippen LogP contribution in [0.15, 0.2) is 15.8 Å². The summed E-state index contributed by atoms with van der Waals surface area (Å²) in [6.45, 7) is 11.5. The van der Waals surface area contributed by atoms with E-state index in [0.29, 0.717) is 18.8 Å². The molecule has 0 spiro atoms. The SMILES string of the molecule is CCOc1c(CC)cnc2c1c(=O)n(CC(=O)N(C(C)C)C(C)C)c(=O)n2C. The summed E-state index contributed by atoms with van der Waals surface area (Å²) < 4.78 is 8.01. The number of carbonyl (C=O) groups is 1. The Balaban J connectivity index is 2.74. The van der Waals surface area contributed by atoms with Crippen molar-refractivity contribution < 1.29 is 9.53 Å². The molecule has 0 N–H and O–H groups in total. The van der Waals surface area contributed by atoms with Crippen LogP contribution in [0.25, 0.3) is 11.0 Å². The van der Waals surface area contributed by atoms with E-state index in [4.69, 9.17) is 4.74 Å². The lowest BCUT2D eigenvalue weighted by molar-refractivity contribution is -0.135. The van der Waals surface area contributed by atoms with Gasteiger partial charge in [0.2, 0.25) is 5.91 Å². The van der Waals surface area contributed by atoms with Gasteiger partial charge >= 0.3 is 5.69 Å². The second-order valence-electron chi connectivity index (χ2n) is 7.32. The van der Waals surface area contributed by atoms with Crippen molar-refractivity contribution in [2.24, 2.45) is 7.05 Å². The Bertz CT molecular complexity index is 980. The molecule has 2 aromatic rings. The second-order valence-corrected chi connectivity index (χ2v) is 7.32. The van der Waals surface area contributed by atoms with Crippen LogP contribution in [0.3, 0.4) is 0 Å². The van der Waals surface area contributed by atoms with E-state index in [1.165, 1.54) is 4.57 Å². The third-order valence-electron chi connectivity index (χ3n) is 4.74. The predicted molar refractivity (Wildman–Crippen MR) is 109 cm³/mol. The summed E-state index contributed by atoms with van der Waals surface area (Å²) in [5.41, 5.74) is -0.0828. The molecule has 0 fully saturated rings. The molecule has 154 valence electrons. The fourth-order valence-corrected chi connectivity index (χ4v) is 3.55. The first-order valence-electron chi connectivity index (χ1n) is 9.70. The van der Waals surface area contributed by atoms with Crippen LogP contribution < -0.4 is 16.0 Å². The first-order valence-corrected chi connectivity index (χ1v) is 9.70. The largest absolute Gasteiger partial charge is 0.493 e. The van der Waals surface area contributed by atoms with Crippen LogP contribution in [0, 0.1) is 0 Å². The van der Waals surface area contributed by atoms with E-state index in [1.807, 2.05) is 41.5 Å². The predicted octanol–water partition coefficient (Wildman–Crippen LogP) is 1.70. The van der Waals surface area contributed by atoms with Gasteiger partial charge in [0.1, 0.15) is 17.7 Å². The Labute approximate surface area is 164 Å². The number of amides is 1. The highest BCUT2D eigenvalue weighted by molar-refractivity contribution is 5.83. The van der Waals surface area contributed by atoms with Gasteiger partial charge in [-0.25, -0.2) is 14.3 Å². The number of hydrogen-bond donors (Lipinski definition) is 0. The van der Waals surface area contributed by atoms with E-state index < -0.39 is 11.2 Å². The maximum atomic E-state index is 13.2. The smallest absolute Gasteiger partial charge is 0.332 e. The van der Waals surface area contributed by atoms with Crippen molar-refractivity contribution in [3.8, 4) is 5.75 Å². The van der Waals surface area contributed by atoms with Crippen LogP contribution in [0.1, 0.15) is 47.1 Å². The lowest BCUT2D eigenvalue weighted by Crippen LogP contribution is -2.48. The molecule has 2 rings (SSSR count). The average Bonchev–Trinajstić information content (AvgIpc) is 2.62. The second kappa shape index (κ2) is 8.58. The maximum Gasteiger partial charge on any atom is 0.332 e. The number of carbonyl (C=O) groups excluding carboxylic acids is 1. The van der Waals surface area contributed by atoms with Crippen LogP contribution in [-0.4, -0.2) is 43.6 Å². The molecule has 1 amide bonds. The topological polar surface area (TPSA) is 86.4 Å². The highest BCUT2D eigenvalue weighted by atomic mass is 16.5. The molecule has 2 aromatic heterocycles. The van der Waals surface area contributed by atoms with Gasteiger partial charge < -0.3 is 9.64 Å². The third kappa shape index (κ3) is 3.81. The summed E-state index contributed by atoms with van der Waals surface area (Å²) >= 11 is 0. The molecule has 0 radical (unpaired) electrons. The standard InChI is InChI=1S/C20H30N4O4/c1-8-14-10-21-18-16(17(14)28-9-2)19(26)23(20(27)22(18)7)11-15(25)24(12(3)4)13(5)6/h10,12-13H,8-9,11H2,1-7H3. The van der Waals surface area contributed by atoms with Gasteiger partial charge in [0, 0.05) is 30.9 Å². The van der Waals surface area contributed by atoms with E-state index in [1.54, 1.807) is 18.1 Å². The van der Waals surface area contributed by atoms with Crippen LogP contribution in [0.5, 0.6) is 5.75 Å². The highest BCUT2D eigenvalue weighted by Crippen LogP contribution is 2.25. The van der Waals surface area contributed by atoms with Gasteiger partial charge in [0.05, 0.1) is 6.61 Å². The Morgan fingerprint density at radius 3 is 2.29 bits per heavy atom. The van der Waals surface area contributed by atoms with E-state index in [9.17, 15) is 14.4 Å². The summed E-state index contributed by atoms with van der Waals surface area (Å²) in [7, 11) is 1.54. The number of ether oxygens (including phenoxy) is 1. The molecule has 0 aliphatic heterocycles. The normalized spacial score (nSPS) is 11.5. The van der Waals surface area contributed by atoms with Crippen molar-refractivity contribution in [1.82, 2.24) is 19.0 Å². The maximum absolute atomic E-state index is 13.2. The fourth-order valence-electron chi connectivity index (χ4n) is 3.55. The zero-order valence-corrected chi connectivity index (χ0v) is 17.8. The Morgan fingerprint density at radius 1 is 1.18 bits per heavy atom. The average molecular weight is 390 g/mol. The van der Waals surface area contributed by atoms with E-state index in [-0.39, 0.29) is 35.6 Å². The third-order valence-corrected chi connectivity index (χ3v) is 4.74. The van der Waals surface area contributed by atoms with Crippen LogP contribution >= 0.6 is 0 Å². The molecule has 28 heavy (non-hydrogen) atoms. The summed E-state index contributed by atoms with van der Waals surface area (Å²) in [6.07, 6.45) is 2.26. The Kier molecular flexibility index (Phi) is 6.64. The van der Waals surface area contributed by atoms with Crippen molar-refractivity contribution in [2.45, 2.75) is 66.6 Å². The molecule has 0 aliphatic carbocycles. The summed E-state index contributed by atoms with van der Waals surface area (Å²) in [5.74, 6) is 0.155. The minimum atomic E-state index is -0.572. The molecular formula is C20H30N4O4. The number of nitrogens with zero attached hydrogens (tertiary/aromatic N) is 4. The molecular weight excluding hydrogens is 360 g/mol. The molecule has 8 nitrogen and oxygen atoms in total. The summed E-state index contributed by atoms with van der Waals surface area (Å²) in [5, 5.41) is 0.233. The van der Waals surface area contributed by atoms with Crippen LogP contribution in [0.2, 0.25) is 0 Å². The Hall–Kier alpha value is -2.64. The van der Waals surface area contributed by atoms with Crippen molar-refractivity contribution in [3.63, 3.8) is 0 Å². The monoisotopic (exact) mass is 390 g/mol. The number of pyridine rings is 1. The number of aryl methyl sites for hydroxylation is 2. The van der Waals surface area contributed by atoms with Crippen molar-refractivity contribution in [3.05, 3.63) is 32.6 Å². The summed E-state index contributed by atoms with van der Waals surface area (Å²) in [6, 6.07) is -0.0836. The number of aromatic nitrogens is 3. The minimum absolute atomic E-state index is 0.0418. The van der Waals surface area contributed by atoms with Crippen molar-refractivity contribution in [1.29, 1.82) is 0 Å². The molecule has 2 heterocycles. The zero-order chi connectivity index (χ0) is 21.2. The first kappa shape index (κ1) is 21.7. The lowest BCUT2D eigenvalue weighted by Gasteiger charge is -2.31. The van der Waals surface area contributed by atoms with Gasteiger partial charge in [-0.15, -0.1) is 0 Å². The number of rotatable bonds is 7. The fraction of sp³-hybridized carbons (Fsp3) is 0.600. The minimum Gasteiger partial charge on any atom is -0.493 e. The van der Waals surface area contributed by atoms with Gasteiger partial charge in [-0.1, -0.05) is 6.92 Å². The molecule has 8 heteroatoms. The molecule has 0 saturated heterocycles. The summed E-state index contributed by atoms with van der Waals surface area (Å²) in [4.78, 5) is 44.8. The van der Waals surface area contributed by atoms with E-state index >= 15 is 0 Å². The van der Waals surface area contributed by atoms with Crippen LogP contribution in [-0.2, 0) is 24.8 Å². The van der Waals surface area contributed by atoms with E-state index in [0.717, 1.165) is 10.1 Å². The van der Waals surface area contributed by atoms with Crippen molar-refractivity contribution >= 4 is 16.9 Å². The van der Waals surface area contributed by atoms with Crippen molar-refractivity contribution in [2.75, 3.05) is 6.61 Å². The number of fused-ring (bicyclic) bond motifs is 1. The molecule has 0 atom stereocenters. The van der Waals surface area contributed by atoms with Crippen LogP contribution in [0.4, 0.5) is 0 Å². The molecule has 0 bridgehead atoms. The number of hydrogen-bond acceptors (Lipinski definition) is 5.